The van der Waals surface area contributed by atoms with Crippen LogP contribution in [0, 0.1) is 5.92 Å². The summed E-state index contributed by atoms with van der Waals surface area (Å²) in [5.41, 5.74) is 7.18. The van der Waals surface area contributed by atoms with Crippen LogP contribution >= 0.6 is 0 Å². The highest BCUT2D eigenvalue weighted by molar-refractivity contribution is 5.79. The van der Waals surface area contributed by atoms with Crippen LogP contribution in [0.5, 0.6) is 0 Å². The van der Waals surface area contributed by atoms with Crippen molar-refractivity contribution in [3.05, 3.63) is 30.3 Å². The second-order valence-corrected chi connectivity index (χ2v) is 6.26. The van der Waals surface area contributed by atoms with Crippen molar-refractivity contribution in [1.82, 2.24) is 4.90 Å². The highest BCUT2D eigenvalue weighted by Crippen LogP contribution is 2.26. The maximum Gasteiger partial charge on any atom is 0.225 e. The van der Waals surface area contributed by atoms with E-state index in [1.807, 2.05) is 6.07 Å². The molecule has 1 aromatic rings. The number of anilines is 1. The number of carbonyl (C=O) groups excluding carboxylic acids is 1. The molecule has 21 heavy (non-hydrogen) atoms. The molecule has 0 unspecified atom stereocenters. The van der Waals surface area contributed by atoms with Gasteiger partial charge in [-0.05, 0) is 37.8 Å². The molecule has 4 nitrogen and oxygen atoms in total. The van der Waals surface area contributed by atoms with Crippen LogP contribution in [0.4, 0.5) is 5.69 Å². The molecule has 1 aromatic carbocycles. The molecule has 0 bridgehead atoms. The third-order valence-electron chi connectivity index (χ3n) is 4.83. The van der Waals surface area contributed by atoms with Gasteiger partial charge in [0, 0.05) is 43.8 Å². The summed E-state index contributed by atoms with van der Waals surface area (Å²) >= 11 is 0. The van der Waals surface area contributed by atoms with Gasteiger partial charge < -0.3 is 15.5 Å². The lowest BCUT2D eigenvalue weighted by molar-refractivity contribution is -0.136. The fourth-order valence-electron chi connectivity index (χ4n) is 3.45. The minimum absolute atomic E-state index is 0.216. The highest BCUT2D eigenvalue weighted by atomic mass is 16.2. The van der Waals surface area contributed by atoms with E-state index < -0.39 is 0 Å². The topological polar surface area (TPSA) is 49.6 Å². The first-order chi connectivity index (χ1) is 10.2. The SMILES string of the molecule is NC1CCC(C(=O)N2CCN(c3ccccc3)CC2)CC1. The normalized spacial score (nSPS) is 26.7. The lowest BCUT2D eigenvalue weighted by Crippen LogP contribution is -2.51. The molecule has 1 heterocycles. The first-order valence-corrected chi connectivity index (χ1v) is 8.08. The first kappa shape index (κ1) is 14.4. The van der Waals surface area contributed by atoms with Crippen molar-refractivity contribution in [1.29, 1.82) is 0 Å². The molecule has 0 radical (unpaired) electrons. The fourth-order valence-corrected chi connectivity index (χ4v) is 3.45. The largest absolute Gasteiger partial charge is 0.368 e. The molecule has 1 saturated heterocycles. The quantitative estimate of drug-likeness (QED) is 0.903. The maximum absolute atomic E-state index is 12.6. The molecule has 2 aliphatic rings. The number of benzene rings is 1. The number of hydrogen-bond acceptors (Lipinski definition) is 3. The predicted molar refractivity (Wildman–Crippen MR) is 85.2 cm³/mol. The Hall–Kier alpha value is -1.55. The molecule has 1 amide bonds. The standard InChI is InChI=1S/C17H25N3O/c18-15-8-6-14(7-9-15)17(21)20-12-10-19(11-13-20)16-4-2-1-3-5-16/h1-5,14-15H,6-13,18H2. The number of para-hydroxylation sites is 1. The van der Waals surface area contributed by atoms with Gasteiger partial charge in [-0.1, -0.05) is 18.2 Å². The molecule has 3 rings (SSSR count). The average Bonchev–Trinajstić information content (AvgIpc) is 2.56. The summed E-state index contributed by atoms with van der Waals surface area (Å²) in [6.45, 7) is 3.55. The molecule has 4 heteroatoms. The second-order valence-electron chi connectivity index (χ2n) is 6.26. The van der Waals surface area contributed by atoms with Crippen LogP contribution in [-0.4, -0.2) is 43.0 Å². The number of hydrogen-bond donors (Lipinski definition) is 1. The van der Waals surface area contributed by atoms with Gasteiger partial charge >= 0.3 is 0 Å². The van der Waals surface area contributed by atoms with Crippen LogP contribution in [0.3, 0.4) is 0 Å². The lowest BCUT2D eigenvalue weighted by Gasteiger charge is -2.38. The van der Waals surface area contributed by atoms with Crippen LogP contribution in [-0.2, 0) is 4.79 Å². The van der Waals surface area contributed by atoms with Crippen molar-refractivity contribution in [3.63, 3.8) is 0 Å². The molecule has 0 atom stereocenters. The molecule has 2 fully saturated rings. The first-order valence-electron chi connectivity index (χ1n) is 8.08. The Kier molecular flexibility index (Phi) is 4.44. The van der Waals surface area contributed by atoms with E-state index in [4.69, 9.17) is 5.73 Å². The molecule has 0 aromatic heterocycles. The van der Waals surface area contributed by atoms with Gasteiger partial charge in [0.15, 0.2) is 0 Å². The number of rotatable bonds is 2. The molecule has 114 valence electrons. The average molecular weight is 287 g/mol. The van der Waals surface area contributed by atoms with Crippen LogP contribution < -0.4 is 10.6 Å². The molecular weight excluding hydrogens is 262 g/mol. The van der Waals surface area contributed by atoms with E-state index in [-0.39, 0.29) is 5.92 Å². The van der Waals surface area contributed by atoms with E-state index >= 15 is 0 Å². The Morgan fingerprint density at radius 2 is 1.57 bits per heavy atom. The van der Waals surface area contributed by atoms with Crippen LogP contribution in [0.25, 0.3) is 0 Å². The summed E-state index contributed by atoms with van der Waals surface area (Å²) in [7, 11) is 0. The summed E-state index contributed by atoms with van der Waals surface area (Å²) in [6, 6.07) is 10.8. The Bertz CT molecular complexity index is 460. The van der Waals surface area contributed by atoms with Crippen molar-refractivity contribution in [3.8, 4) is 0 Å². The summed E-state index contributed by atoms with van der Waals surface area (Å²) in [5, 5.41) is 0. The Morgan fingerprint density at radius 1 is 0.952 bits per heavy atom. The van der Waals surface area contributed by atoms with Crippen LogP contribution in [0.2, 0.25) is 0 Å². The van der Waals surface area contributed by atoms with E-state index in [1.54, 1.807) is 0 Å². The fraction of sp³-hybridized carbons (Fsp3) is 0.588. The molecule has 1 saturated carbocycles. The van der Waals surface area contributed by atoms with E-state index in [0.29, 0.717) is 11.9 Å². The molecule has 1 aliphatic carbocycles. The predicted octanol–water partition coefficient (Wildman–Crippen LogP) is 1.85. The third kappa shape index (κ3) is 3.38. The second kappa shape index (κ2) is 6.48. The molecular formula is C17H25N3O. The van der Waals surface area contributed by atoms with Crippen molar-refractivity contribution in [2.75, 3.05) is 31.1 Å². The monoisotopic (exact) mass is 287 g/mol. The van der Waals surface area contributed by atoms with Gasteiger partial charge in [-0.3, -0.25) is 4.79 Å². The highest BCUT2D eigenvalue weighted by Gasteiger charge is 2.30. The van der Waals surface area contributed by atoms with Crippen LogP contribution in [0.15, 0.2) is 30.3 Å². The summed E-state index contributed by atoms with van der Waals surface area (Å²) in [6.07, 6.45) is 3.94. The van der Waals surface area contributed by atoms with Gasteiger partial charge in [0.25, 0.3) is 0 Å². The smallest absolute Gasteiger partial charge is 0.225 e. The van der Waals surface area contributed by atoms with E-state index in [9.17, 15) is 4.79 Å². The zero-order chi connectivity index (χ0) is 14.7. The van der Waals surface area contributed by atoms with E-state index in [1.165, 1.54) is 5.69 Å². The number of nitrogens with two attached hydrogens (primary N) is 1. The molecule has 0 spiro atoms. The Labute approximate surface area is 126 Å². The summed E-state index contributed by atoms with van der Waals surface area (Å²) in [4.78, 5) is 17.0. The third-order valence-corrected chi connectivity index (χ3v) is 4.83. The number of carbonyl (C=O) groups is 1. The van der Waals surface area contributed by atoms with Gasteiger partial charge in [0.05, 0.1) is 0 Å². The van der Waals surface area contributed by atoms with Crippen molar-refractivity contribution in [2.45, 2.75) is 31.7 Å². The van der Waals surface area contributed by atoms with Crippen molar-refractivity contribution in [2.24, 2.45) is 11.7 Å². The van der Waals surface area contributed by atoms with Gasteiger partial charge in [0.2, 0.25) is 5.91 Å². The van der Waals surface area contributed by atoms with Crippen LogP contribution in [0.1, 0.15) is 25.7 Å². The zero-order valence-corrected chi connectivity index (χ0v) is 12.6. The van der Waals surface area contributed by atoms with Gasteiger partial charge in [0.1, 0.15) is 0 Å². The van der Waals surface area contributed by atoms with E-state index in [0.717, 1.165) is 51.9 Å². The molecule has 1 aliphatic heterocycles. The van der Waals surface area contributed by atoms with E-state index in [2.05, 4.69) is 34.1 Å². The lowest BCUT2D eigenvalue weighted by atomic mass is 9.85. The number of amides is 1. The number of nitrogens with zero attached hydrogens (tertiary/aromatic N) is 2. The number of piperazine rings is 1. The summed E-state index contributed by atoms with van der Waals surface area (Å²) < 4.78 is 0. The minimum atomic E-state index is 0.216. The van der Waals surface area contributed by atoms with Crippen molar-refractivity contribution < 1.29 is 4.79 Å². The van der Waals surface area contributed by atoms with Crippen molar-refractivity contribution >= 4 is 11.6 Å². The maximum atomic E-state index is 12.6. The Balaban J connectivity index is 1.52. The Morgan fingerprint density at radius 3 is 2.19 bits per heavy atom. The summed E-state index contributed by atoms with van der Waals surface area (Å²) in [5.74, 6) is 0.572. The van der Waals surface area contributed by atoms with Gasteiger partial charge in [-0.2, -0.15) is 0 Å². The van der Waals surface area contributed by atoms with Gasteiger partial charge in [-0.15, -0.1) is 0 Å². The minimum Gasteiger partial charge on any atom is -0.368 e. The van der Waals surface area contributed by atoms with Gasteiger partial charge in [-0.25, -0.2) is 0 Å². The molecule has 2 N–H and O–H groups in total. The zero-order valence-electron chi connectivity index (χ0n) is 12.6.